The summed E-state index contributed by atoms with van der Waals surface area (Å²) in [6.07, 6.45) is 11.7. The van der Waals surface area contributed by atoms with Crippen LogP contribution >= 0.6 is 0 Å². The first kappa shape index (κ1) is 10.5. The van der Waals surface area contributed by atoms with Crippen LogP contribution in [0.25, 0.3) is 0 Å². The van der Waals surface area contributed by atoms with Crippen LogP contribution in [0.1, 0.15) is 58.3 Å². The van der Waals surface area contributed by atoms with Gasteiger partial charge in [-0.15, -0.1) is 0 Å². The lowest BCUT2D eigenvalue weighted by Gasteiger charge is -2.26. The van der Waals surface area contributed by atoms with Crippen molar-refractivity contribution in [1.82, 2.24) is 5.32 Å². The van der Waals surface area contributed by atoms with Crippen molar-refractivity contribution in [3.05, 3.63) is 0 Å². The third-order valence-corrected chi connectivity index (χ3v) is 4.33. The van der Waals surface area contributed by atoms with E-state index in [4.69, 9.17) is 0 Å². The van der Waals surface area contributed by atoms with E-state index in [0.717, 1.165) is 17.9 Å². The molecule has 0 aromatic rings. The summed E-state index contributed by atoms with van der Waals surface area (Å²) in [5.41, 5.74) is 0. The van der Waals surface area contributed by atoms with Gasteiger partial charge >= 0.3 is 0 Å². The molecule has 2 atom stereocenters. The molecule has 1 heteroatoms. The average molecular weight is 195 g/mol. The zero-order valence-electron chi connectivity index (χ0n) is 9.60. The van der Waals surface area contributed by atoms with Crippen molar-refractivity contribution in [2.75, 3.05) is 6.54 Å². The second-order valence-corrected chi connectivity index (χ2v) is 5.32. The van der Waals surface area contributed by atoms with Gasteiger partial charge in [0.1, 0.15) is 0 Å². The summed E-state index contributed by atoms with van der Waals surface area (Å²) in [5.74, 6) is 2.10. The number of hydrogen-bond acceptors (Lipinski definition) is 1. The van der Waals surface area contributed by atoms with E-state index in [0.29, 0.717) is 0 Å². The maximum absolute atomic E-state index is 3.74. The van der Waals surface area contributed by atoms with E-state index in [9.17, 15) is 0 Å². The van der Waals surface area contributed by atoms with Crippen molar-refractivity contribution in [1.29, 1.82) is 0 Å². The van der Waals surface area contributed by atoms with E-state index in [1.165, 1.54) is 57.9 Å². The molecule has 0 amide bonds. The minimum Gasteiger partial charge on any atom is -0.314 e. The third-order valence-electron chi connectivity index (χ3n) is 4.33. The SMILES string of the molecule is CCC1CCC(NCCC2CCC2)C1. The molecule has 0 aromatic carbocycles. The number of rotatable bonds is 5. The van der Waals surface area contributed by atoms with Gasteiger partial charge in [0.05, 0.1) is 0 Å². The summed E-state index contributed by atoms with van der Waals surface area (Å²) in [7, 11) is 0. The van der Waals surface area contributed by atoms with E-state index in [1.807, 2.05) is 0 Å². The summed E-state index contributed by atoms with van der Waals surface area (Å²) < 4.78 is 0. The Morgan fingerprint density at radius 3 is 2.50 bits per heavy atom. The molecule has 0 saturated heterocycles. The fourth-order valence-electron chi connectivity index (χ4n) is 2.90. The topological polar surface area (TPSA) is 12.0 Å². The molecule has 0 aromatic heterocycles. The smallest absolute Gasteiger partial charge is 0.00698 e. The molecule has 2 rings (SSSR count). The first-order valence-corrected chi connectivity index (χ1v) is 6.62. The summed E-state index contributed by atoms with van der Waals surface area (Å²) in [5, 5.41) is 3.74. The lowest BCUT2D eigenvalue weighted by atomic mass is 9.83. The molecule has 2 unspecified atom stereocenters. The van der Waals surface area contributed by atoms with Gasteiger partial charge in [0.2, 0.25) is 0 Å². The molecule has 0 bridgehead atoms. The Kier molecular flexibility index (Phi) is 3.86. The lowest BCUT2D eigenvalue weighted by Crippen LogP contribution is -2.29. The van der Waals surface area contributed by atoms with Gasteiger partial charge in [0.15, 0.2) is 0 Å². The fraction of sp³-hybridized carbons (Fsp3) is 1.00. The molecule has 14 heavy (non-hydrogen) atoms. The van der Waals surface area contributed by atoms with Crippen molar-refractivity contribution in [2.24, 2.45) is 11.8 Å². The van der Waals surface area contributed by atoms with Gasteiger partial charge < -0.3 is 5.32 Å². The predicted molar refractivity (Wildman–Crippen MR) is 61.4 cm³/mol. The molecule has 0 heterocycles. The van der Waals surface area contributed by atoms with Crippen molar-refractivity contribution in [2.45, 2.75) is 64.3 Å². The maximum atomic E-state index is 3.74. The van der Waals surface area contributed by atoms with Gasteiger partial charge in [0.25, 0.3) is 0 Å². The van der Waals surface area contributed by atoms with Crippen LogP contribution < -0.4 is 5.32 Å². The number of hydrogen-bond donors (Lipinski definition) is 1. The molecule has 1 nitrogen and oxygen atoms in total. The van der Waals surface area contributed by atoms with Crippen LogP contribution in [-0.2, 0) is 0 Å². The van der Waals surface area contributed by atoms with Gasteiger partial charge in [-0.1, -0.05) is 32.6 Å². The minimum absolute atomic E-state index is 0.861. The third kappa shape index (κ3) is 2.73. The van der Waals surface area contributed by atoms with Gasteiger partial charge in [-0.25, -0.2) is 0 Å². The normalized spacial score (nSPS) is 33.2. The Morgan fingerprint density at radius 2 is 1.93 bits per heavy atom. The van der Waals surface area contributed by atoms with Crippen LogP contribution in [-0.4, -0.2) is 12.6 Å². The summed E-state index contributed by atoms with van der Waals surface area (Å²) in [6, 6.07) is 0.861. The van der Waals surface area contributed by atoms with E-state index in [-0.39, 0.29) is 0 Å². The molecular formula is C13H25N. The molecule has 2 aliphatic rings. The highest BCUT2D eigenvalue weighted by atomic mass is 14.9. The van der Waals surface area contributed by atoms with Gasteiger partial charge in [-0.05, 0) is 44.1 Å². The molecular weight excluding hydrogens is 170 g/mol. The monoisotopic (exact) mass is 195 g/mol. The van der Waals surface area contributed by atoms with Gasteiger partial charge in [0, 0.05) is 6.04 Å². The molecule has 0 aliphatic heterocycles. The maximum Gasteiger partial charge on any atom is 0.00698 e. The zero-order chi connectivity index (χ0) is 9.80. The van der Waals surface area contributed by atoms with Crippen molar-refractivity contribution in [3.63, 3.8) is 0 Å². The van der Waals surface area contributed by atoms with Crippen LogP contribution in [0.15, 0.2) is 0 Å². The molecule has 82 valence electrons. The van der Waals surface area contributed by atoms with Crippen molar-refractivity contribution < 1.29 is 0 Å². The van der Waals surface area contributed by atoms with Crippen LogP contribution in [0.4, 0.5) is 0 Å². The van der Waals surface area contributed by atoms with Crippen molar-refractivity contribution >= 4 is 0 Å². The Morgan fingerprint density at radius 1 is 1.07 bits per heavy atom. The summed E-state index contributed by atoms with van der Waals surface area (Å²) >= 11 is 0. The zero-order valence-corrected chi connectivity index (χ0v) is 9.60. The Bertz CT molecular complexity index is 163. The molecule has 2 saturated carbocycles. The van der Waals surface area contributed by atoms with Crippen LogP contribution in [0.2, 0.25) is 0 Å². The highest BCUT2D eigenvalue weighted by Gasteiger charge is 2.23. The standard InChI is InChI=1S/C13H25N/c1-2-11-6-7-13(10-11)14-9-8-12-4-3-5-12/h11-14H,2-10H2,1H3. The fourth-order valence-corrected chi connectivity index (χ4v) is 2.90. The van der Waals surface area contributed by atoms with Crippen LogP contribution in [0.5, 0.6) is 0 Å². The Labute approximate surface area is 88.7 Å². The lowest BCUT2D eigenvalue weighted by molar-refractivity contribution is 0.287. The predicted octanol–water partition coefficient (Wildman–Crippen LogP) is 3.34. The van der Waals surface area contributed by atoms with E-state index >= 15 is 0 Å². The molecule has 0 spiro atoms. The van der Waals surface area contributed by atoms with Crippen LogP contribution in [0, 0.1) is 11.8 Å². The summed E-state index contributed by atoms with van der Waals surface area (Å²) in [4.78, 5) is 0. The quantitative estimate of drug-likeness (QED) is 0.709. The largest absolute Gasteiger partial charge is 0.314 e. The van der Waals surface area contributed by atoms with Crippen LogP contribution in [0.3, 0.4) is 0 Å². The summed E-state index contributed by atoms with van der Waals surface area (Å²) in [6.45, 7) is 3.62. The van der Waals surface area contributed by atoms with Gasteiger partial charge in [-0.3, -0.25) is 0 Å². The van der Waals surface area contributed by atoms with E-state index in [1.54, 1.807) is 0 Å². The second-order valence-electron chi connectivity index (χ2n) is 5.32. The van der Waals surface area contributed by atoms with Crippen molar-refractivity contribution in [3.8, 4) is 0 Å². The van der Waals surface area contributed by atoms with Gasteiger partial charge in [-0.2, -0.15) is 0 Å². The highest BCUT2D eigenvalue weighted by Crippen LogP contribution is 2.30. The van der Waals surface area contributed by atoms with E-state index < -0.39 is 0 Å². The molecule has 2 fully saturated rings. The minimum atomic E-state index is 0.861. The average Bonchev–Trinajstić information content (AvgIpc) is 2.57. The highest BCUT2D eigenvalue weighted by molar-refractivity contribution is 4.80. The molecule has 1 N–H and O–H groups in total. The Balaban J connectivity index is 1.53. The number of nitrogens with one attached hydrogen (secondary N) is 1. The first-order valence-electron chi connectivity index (χ1n) is 6.62. The second kappa shape index (κ2) is 5.16. The Hall–Kier alpha value is -0.0400. The van der Waals surface area contributed by atoms with E-state index in [2.05, 4.69) is 12.2 Å². The first-order chi connectivity index (χ1) is 6.88. The molecule has 0 radical (unpaired) electrons. The molecule has 2 aliphatic carbocycles.